The minimum absolute atomic E-state index is 0.0874. The van der Waals surface area contributed by atoms with Gasteiger partial charge in [-0.25, -0.2) is 4.79 Å². The largest absolute Gasteiger partial charge is 0.480 e. The van der Waals surface area contributed by atoms with Gasteiger partial charge in [0, 0.05) is 0 Å². The van der Waals surface area contributed by atoms with E-state index in [-0.39, 0.29) is 23.5 Å². The Hall–Kier alpha value is -1.93. The lowest BCUT2D eigenvalue weighted by Gasteiger charge is -2.57. The lowest BCUT2D eigenvalue weighted by atomic mass is 9.47. The van der Waals surface area contributed by atoms with Crippen molar-refractivity contribution in [3.8, 4) is 0 Å². The van der Waals surface area contributed by atoms with E-state index in [4.69, 9.17) is 15.1 Å². The molecule has 4 rings (SSSR count). The second kappa shape index (κ2) is 8.78. The molecule has 3 saturated carbocycles. The van der Waals surface area contributed by atoms with Gasteiger partial charge in [-0.3, -0.25) is 4.79 Å². The predicted octanol–water partition coefficient (Wildman–Crippen LogP) is 2.24. The van der Waals surface area contributed by atoms with Crippen LogP contribution in [0.1, 0.15) is 65.2 Å². The summed E-state index contributed by atoms with van der Waals surface area (Å²) in [6.07, 6.45) is 10.3. The van der Waals surface area contributed by atoms with Gasteiger partial charge in [0.2, 0.25) is 0 Å². The number of allylic oxidation sites excluding steroid dienone is 2. The SMILES string of the molecule is CC12CCC(=NOCC(=O)NC(CO)C(=O)O)C=C1CCC1C2CCC2(C)C(O)CCC12. The number of carboxylic acids is 1. The third-order valence-corrected chi connectivity index (χ3v) is 9.12. The normalized spacial score (nSPS) is 40.5. The fourth-order valence-electron chi connectivity index (χ4n) is 7.21. The number of carbonyl (C=O) groups is 2. The first-order chi connectivity index (χ1) is 15.2. The summed E-state index contributed by atoms with van der Waals surface area (Å²) >= 11 is 0. The number of carbonyl (C=O) groups excluding carboxylic acids is 1. The van der Waals surface area contributed by atoms with Gasteiger partial charge >= 0.3 is 5.97 Å². The van der Waals surface area contributed by atoms with E-state index in [1.54, 1.807) is 0 Å². The van der Waals surface area contributed by atoms with E-state index in [9.17, 15) is 14.7 Å². The van der Waals surface area contributed by atoms with Crippen LogP contribution >= 0.6 is 0 Å². The van der Waals surface area contributed by atoms with Gasteiger partial charge in [-0.05, 0) is 86.0 Å². The monoisotopic (exact) mass is 448 g/mol. The van der Waals surface area contributed by atoms with Crippen LogP contribution in [0.25, 0.3) is 0 Å². The van der Waals surface area contributed by atoms with E-state index in [0.29, 0.717) is 17.8 Å². The summed E-state index contributed by atoms with van der Waals surface area (Å²) in [5, 5.41) is 34.8. The van der Waals surface area contributed by atoms with Crippen molar-refractivity contribution in [2.75, 3.05) is 13.2 Å². The molecule has 32 heavy (non-hydrogen) atoms. The molecule has 7 atom stereocenters. The molecule has 0 aromatic rings. The molecule has 4 aliphatic rings. The minimum atomic E-state index is -1.34. The highest BCUT2D eigenvalue weighted by atomic mass is 16.6. The Morgan fingerprint density at radius 3 is 2.69 bits per heavy atom. The van der Waals surface area contributed by atoms with Crippen LogP contribution in [0.15, 0.2) is 16.8 Å². The molecule has 4 N–H and O–H groups in total. The van der Waals surface area contributed by atoms with Crippen molar-refractivity contribution in [1.82, 2.24) is 5.32 Å². The zero-order valence-electron chi connectivity index (χ0n) is 19.0. The first-order valence-electron chi connectivity index (χ1n) is 11.9. The zero-order chi connectivity index (χ0) is 23.1. The molecule has 0 aromatic heterocycles. The van der Waals surface area contributed by atoms with Crippen LogP contribution in [0.3, 0.4) is 0 Å². The van der Waals surface area contributed by atoms with Gasteiger partial charge in [0.15, 0.2) is 6.61 Å². The Morgan fingerprint density at radius 2 is 1.97 bits per heavy atom. The Morgan fingerprint density at radius 1 is 1.19 bits per heavy atom. The first-order valence-corrected chi connectivity index (χ1v) is 11.9. The molecule has 0 spiro atoms. The van der Waals surface area contributed by atoms with Crippen molar-refractivity contribution in [2.45, 2.75) is 77.4 Å². The second-order valence-electron chi connectivity index (χ2n) is 10.6. The minimum Gasteiger partial charge on any atom is -0.480 e. The van der Waals surface area contributed by atoms with Crippen molar-refractivity contribution in [3.05, 3.63) is 11.6 Å². The van der Waals surface area contributed by atoms with Crippen LogP contribution in [0.4, 0.5) is 0 Å². The zero-order valence-corrected chi connectivity index (χ0v) is 19.0. The maximum absolute atomic E-state index is 11.8. The summed E-state index contributed by atoms with van der Waals surface area (Å²) < 4.78 is 0. The second-order valence-corrected chi connectivity index (χ2v) is 10.6. The number of nitrogens with zero attached hydrogens (tertiary/aromatic N) is 1. The van der Waals surface area contributed by atoms with Crippen molar-refractivity contribution >= 4 is 17.6 Å². The number of rotatable bonds is 6. The maximum Gasteiger partial charge on any atom is 0.328 e. The van der Waals surface area contributed by atoms with E-state index in [1.807, 2.05) is 0 Å². The van der Waals surface area contributed by atoms with Gasteiger partial charge in [0.1, 0.15) is 6.04 Å². The average Bonchev–Trinajstić information content (AvgIpc) is 3.06. The average molecular weight is 449 g/mol. The van der Waals surface area contributed by atoms with Gasteiger partial charge in [-0.15, -0.1) is 0 Å². The third kappa shape index (κ3) is 3.96. The van der Waals surface area contributed by atoms with E-state index >= 15 is 0 Å². The van der Waals surface area contributed by atoms with Gasteiger partial charge in [-0.2, -0.15) is 0 Å². The van der Waals surface area contributed by atoms with E-state index in [0.717, 1.165) is 50.7 Å². The molecular formula is C24H36N2O6. The summed E-state index contributed by atoms with van der Waals surface area (Å²) in [5.41, 5.74) is 2.48. The maximum atomic E-state index is 11.8. The molecule has 0 aromatic carbocycles. The van der Waals surface area contributed by atoms with Gasteiger partial charge in [-0.1, -0.05) is 24.6 Å². The number of aliphatic hydroxyl groups is 2. The standard InChI is InChI=1S/C24H36N2O6/c1-23-9-7-15(26-32-13-21(29)25-19(12-27)22(30)31)11-14(23)3-4-16-17-5-6-20(28)24(17,2)10-8-18(16)23/h11,16-20,27-28H,3-10,12-13H2,1-2H3,(H,25,29)(H,30,31). The quantitative estimate of drug-likeness (QED) is 0.461. The summed E-state index contributed by atoms with van der Waals surface area (Å²) in [5.74, 6) is 0.0219. The highest BCUT2D eigenvalue weighted by molar-refractivity contribution is 5.96. The predicted molar refractivity (Wildman–Crippen MR) is 118 cm³/mol. The van der Waals surface area contributed by atoms with Crippen LogP contribution in [0.2, 0.25) is 0 Å². The number of aliphatic hydroxyl groups excluding tert-OH is 2. The molecule has 0 bridgehead atoms. The Labute approximate surface area is 189 Å². The van der Waals surface area contributed by atoms with E-state index < -0.39 is 24.5 Å². The topological polar surface area (TPSA) is 128 Å². The van der Waals surface area contributed by atoms with Gasteiger partial charge < -0.3 is 25.5 Å². The van der Waals surface area contributed by atoms with Crippen molar-refractivity contribution < 1.29 is 29.7 Å². The molecule has 4 aliphatic carbocycles. The Bertz CT molecular complexity index is 825. The summed E-state index contributed by atoms with van der Waals surface area (Å²) in [4.78, 5) is 27.9. The lowest BCUT2D eigenvalue weighted by molar-refractivity contribution is -0.143. The van der Waals surface area contributed by atoms with Crippen molar-refractivity contribution in [1.29, 1.82) is 0 Å². The molecule has 0 aliphatic heterocycles. The number of fused-ring (bicyclic) bond motifs is 5. The van der Waals surface area contributed by atoms with Crippen LogP contribution in [-0.2, 0) is 14.4 Å². The Balaban J connectivity index is 1.39. The molecule has 0 heterocycles. The molecule has 1 amide bonds. The Kier molecular flexibility index (Phi) is 6.38. The number of aliphatic carboxylic acids is 1. The van der Waals surface area contributed by atoms with Crippen LogP contribution in [0.5, 0.6) is 0 Å². The van der Waals surface area contributed by atoms with Gasteiger partial charge in [0.05, 0.1) is 18.4 Å². The molecule has 3 fully saturated rings. The third-order valence-electron chi connectivity index (χ3n) is 9.12. The summed E-state index contributed by atoms with van der Waals surface area (Å²) in [6.45, 7) is 3.63. The number of hydrogen-bond donors (Lipinski definition) is 4. The van der Waals surface area contributed by atoms with Crippen molar-refractivity contribution in [2.24, 2.45) is 33.7 Å². The highest BCUT2D eigenvalue weighted by Crippen LogP contribution is 2.65. The number of oxime groups is 1. The number of amides is 1. The fraction of sp³-hybridized carbons (Fsp3) is 0.792. The van der Waals surface area contributed by atoms with Crippen LogP contribution < -0.4 is 5.32 Å². The summed E-state index contributed by atoms with van der Waals surface area (Å²) in [6, 6.07) is -1.34. The molecule has 7 unspecified atom stereocenters. The molecular weight excluding hydrogens is 412 g/mol. The summed E-state index contributed by atoms with van der Waals surface area (Å²) in [7, 11) is 0. The fourth-order valence-corrected chi connectivity index (χ4v) is 7.21. The molecule has 178 valence electrons. The highest BCUT2D eigenvalue weighted by Gasteiger charge is 2.58. The smallest absolute Gasteiger partial charge is 0.328 e. The van der Waals surface area contributed by atoms with Crippen LogP contribution in [-0.4, -0.2) is 58.3 Å². The lowest BCUT2D eigenvalue weighted by Crippen LogP contribution is -2.51. The van der Waals surface area contributed by atoms with E-state index in [1.165, 1.54) is 12.0 Å². The van der Waals surface area contributed by atoms with Crippen molar-refractivity contribution in [3.63, 3.8) is 0 Å². The van der Waals surface area contributed by atoms with E-state index in [2.05, 4.69) is 30.4 Å². The van der Waals surface area contributed by atoms with Crippen LogP contribution in [0, 0.1) is 28.6 Å². The number of nitrogens with one attached hydrogen (secondary N) is 1. The molecule has 8 heteroatoms. The number of carboxylic acid groups (broad SMARTS) is 1. The molecule has 0 saturated heterocycles. The number of hydrogen-bond acceptors (Lipinski definition) is 6. The molecule has 8 nitrogen and oxygen atoms in total. The molecule has 0 radical (unpaired) electrons. The van der Waals surface area contributed by atoms with Gasteiger partial charge in [0.25, 0.3) is 5.91 Å². The first kappa shape index (κ1) is 23.2.